The van der Waals surface area contributed by atoms with Crippen molar-refractivity contribution < 1.29 is 0 Å². The first kappa shape index (κ1) is 18.7. The van der Waals surface area contributed by atoms with Crippen LogP contribution in [0.2, 0.25) is 0 Å². The summed E-state index contributed by atoms with van der Waals surface area (Å²) in [4.78, 5) is 4.07. The van der Waals surface area contributed by atoms with E-state index in [0.717, 1.165) is 32.1 Å². The SMILES string of the molecule is CCCC(C)(CNCC(C)C)CN(CC)Cc1cccs1. The summed E-state index contributed by atoms with van der Waals surface area (Å²) in [6, 6.07) is 4.41. The lowest BCUT2D eigenvalue weighted by molar-refractivity contribution is 0.149. The summed E-state index contributed by atoms with van der Waals surface area (Å²) >= 11 is 1.87. The van der Waals surface area contributed by atoms with Crippen molar-refractivity contribution in [3.63, 3.8) is 0 Å². The lowest BCUT2D eigenvalue weighted by Crippen LogP contribution is -2.42. The van der Waals surface area contributed by atoms with Crippen molar-refractivity contribution in [1.29, 1.82) is 0 Å². The molecule has 1 aromatic heterocycles. The number of rotatable bonds is 11. The van der Waals surface area contributed by atoms with Crippen LogP contribution >= 0.6 is 11.3 Å². The second-order valence-corrected chi connectivity index (χ2v) is 8.00. The molecule has 0 aliphatic carbocycles. The minimum Gasteiger partial charge on any atom is -0.316 e. The highest BCUT2D eigenvalue weighted by atomic mass is 32.1. The first-order chi connectivity index (χ1) is 9.99. The van der Waals surface area contributed by atoms with E-state index >= 15 is 0 Å². The molecule has 3 heteroatoms. The molecule has 1 aromatic rings. The summed E-state index contributed by atoms with van der Waals surface area (Å²) < 4.78 is 0. The molecule has 1 heterocycles. The lowest BCUT2D eigenvalue weighted by atomic mass is 9.84. The largest absolute Gasteiger partial charge is 0.316 e. The van der Waals surface area contributed by atoms with Gasteiger partial charge in [0.1, 0.15) is 0 Å². The van der Waals surface area contributed by atoms with Crippen LogP contribution in [0.4, 0.5) is 0 Å². The van der Waals surface area contributed by atoms with Gasteiger partial charge in [0.2, 0.25) is 0 Å². The van der Waals surface area contributed by atoms with E-state index in [0.29, 0.717) is 5.41 Å². The zero-order valence-corrected chi connectivity index (χ0v) is 15.4. The normalized spacial score (nSPS) is 14.8. The average molecular weight is 311 g/mol. The molecule has 21 heavy (non-hydrogen) atoms. The molecule has 0 bridgehead atoms. The highest BCUT2D eigenvalue weighted by Gasteiger charge is 2.25. The molecular weight excluding hydrogens is 276 g/mol. The quantitative estimate of drug-likeness (QED) is 0.641. The van der Waals surface area contributed by atoms with Crippen LogP contribution in [-0.2, 0) is 6.54 Å². The van der Waals surface area contributed by atoms with E-state index in [9.17, 15) is 0 Å². The predicted molar refractivity (Wildman–Crippen MR) is 96.0 cm³/mol. The third kappa shape index (κ3) is 7.44. The molecule has 1 N–H and O–H groups in total. The molecule has 1 unspecified atom stereocenters. The standard InChI is InChI=1S/C18H34N2S/c1-6-10-18(5,14-19-12-16(3)4)15-20(7-2)13-17-9-8-11-21-17/h8-9,11,16,19H,6-7,10,12-15H2,1-5H3. The number of hydrogen-bond donors (Lipinski definition) is 1. The fourth-order valence-corrected chi connectivity index (χ4v) is 3.68. The molecule has 0 saturated carbocycles. The van der Waals surface area contributed by atoms with Crippen LogP contribution < -0.4 is 5.32 Å². The highest BCUT2D eigenvalue weighted by Crippen LogP contribution is 2.25. The Morgan fingerprint density at radius 1 is 1.33 bits per heavy atom. The molecule has 0 aliphatic heterocycles. The smallest absolute Gasteiger partial charge is 0.0328 e. The minimum absolute atomic E-state index is 0.372. The molecule has 2 nitrogen and oxygen atoms in total. The van der Waals surface area contributed by atoms with Gasteiger partial charge < -0.3 is 5.32 Å². The van der Waals surface area contributed by atoms with Crippen LogP contribution in [0.5, 0.6) is 0 Å². The summed E-state index contributed by atoms with van der Waals surface area (Å²) in [5, 5.41) is 5.85. The molecule has 1 rings (SSSR count). The van der Waals surface area contributed by atoms with Gasteiger partial charge in [-0.25, -0.2) is 0 Å². The fourth-order valence-electron chi connectivity index (χ4n) is 2.93. The van der Waals surface area contributed by atoms with E-state index in [1.54, 1.807) is 0 Å². The van der Waals surface area contributed by atoms with Crippen LogP contribution in [0.15, 0.2) is 17.5 Å². The van der Waals surface area contributed by atoms with Crippen LogP contribution in [0.25, 0.3) is 0 Å². The lowest BCUT2D eigenvalue weighted by Gasteiger charge is -2.35. The highest BCUT2D eigenvalue weighted by molar-refractivity contribution is 7.09. The van der Waals surface area contributed by atoms with Crippen molar-refractivity contribution in [3.05, 3.63) is 22.4 Å². The zero-order chi connectivity index (χ0) is 15.7. The molecule has 0 aliphatic rings. The Labute approximate surface area is 135 Å². The predicted octanol–water partition coefficient (Wildman–Crippen LogP) is 4.62. The summed E-state index contributed by atoms with van der Waals surface area (Å²) in [5.74, 6) is 0.726. The Morgan fingerprint density at radius 3 is 2.62 bits per heavy atom. The van der Waals surface area contributed by atoms with Crippen molar-refractivity contribution >= 4 is 11.3 Å². The second-order valence-electron chi connectivity index (χ2n) is 6.97. The molecule has 0 saturated heterocycles. The van der Waals surface area contributed by atoms with Crippen molar-refractivity contribution in [2.24, 2.45) is 11.3 Å². The summed E-state index contributed by atoms with van der Waals surface area (Å²) in [6.07, 6.45) is 2.55. The van der Waals surface area contributed by atoms with Gasteiger partial charge in [0, 0.05) is 24.5 Å². The Bertz CT molecular complexity index is 361. The molecule has 0 spiro atoms. The summed E-state index contributed by atoms with van der Waals surface area (Å²) in [5.41, 5.74) is 0.372. The summed E-state index contributed by atoms with van der Waals surface area (Å²) in [7, 11) is 0. The maximum absolute atomic E-state index is 3.67. The van der Waals surface area contributed by atoms with E-state index in [1.807, 2.05) is 11.3 Å². The number of hydrogen-bond acceptors (Lipinski definition) is 3. The van der Waals surface area contributed by atoms with Gasteiger partial charge >= 0.3 is 0 Å². The van der Waals surface area contributed by atoms with Crippen LogP contribution in [0.1, 0.15) is 52.3 Å². The van der Waals surface area contributed by atoms with Crippen LogP contribution in [-0.4, -0.2) is 31.1 Å². The zero-order valence-electron chi connectivity index (χ0n) is 14.6. The topological polar surface area (TPSA) is 15.3 Å². The van der Waals surface area contributed by atoms with Gasteiger partial charge in [-0.2, -0.15) is 0 Å². The maximum atomic E-state index is 3.67. The Kier molecular flexibility index (Phi) is 8.53. The van der Waals surface area contributed by atoms with Gasteiger partial charge in [-0.3, -0.25) is 4.90 Å². The first-order valence-electron chi connectivity index (χ1n) is 8.44. The second kappa shape index (κ2) is 9.60. The molecule has 0 aromatic carbocycles. The van der Waals surface area contributed by atoms with Gasteiger partial charge in [0.15, 0.2) is 0 Å². The number of nitrogens with one attached hydrogen (secondary N) is 1. The third-order valence-electron chi connectivity index (χ3n) is 3.97. The number of nitrogens with zero attached hydrogens (tertiary/aromatic N) is 1. The first-order valence-corrected chi connectivity index (χ1v) is 9.32. The van der Waals surface area contributed by atoms with Crippen molar-refractivity contribution in [2.75, 3.05) is 26.2 Å². The van der Waals surface area contributed by atoms with E-state index < -0.39 is 0 Å². The average Bonchev–Trinajstić information content (AvgIpc) is 2.90. The Morgan fingerprint density at radius 2 is 2.10 bits per heavy atom. The van der Waals surface area contributed by atoms with Crippen molar-refractivity contribution in [2.45, 2.75) is 54.0 Å². The molecular formula is C18H34N2S. The van der Waals surface area contributed by atoms with Crippen molar-refractivity contribution in [3.8, 4) is 0 Å². The van der Waals surface area contributed by atoms with Gasteiger partial charge in [-0.15, -0.1) is 11.3 Å². The molecule has 0 amide bonds. The minimum atomic E-state index is 0.372. The van der Waals surface area contributed by atoms with E-state index in [-0.39, 0.29) is 0 Å². The van der Waals surface area contributed by atoms with Gasteiger partial charge in [0.25, 0.3) is 0 Å². The van der Waals surface area contributed by atoms with Crippen LogP contribution in [0.3, 0.4) is 0 Å². The molecule has 122 valence electrons. The molecule has 0 radical (unpaired) electrons. The van der Waals surface area contributed by atoms with Gasteiger partial charge in [-0.1, -0.05) is 47.1 Å². The maximum Gasteiger partial charge on any atom is 0.0328 e. The molecule has 1 atom stereocenters. The van der Waals surface area contributed by atoms with Crippen molar-refractivity contribution in [1.82, 2.24) is 10.2 Å². The van der Waals surface area contributed by atoms with E-state index in [4.69, 9.17) is 0 Å². The Balaban J connectivity index is 2.56. The Hall–Kier alpha value is -0.380. The number of thiophene rings is 1. The van der Waals surface area contributed by atoms with E-state index in [1.165, 1.54) is 24.3 Å². The third-order valence-corrected chi connectivity index (χ3v) is 4.83. The summed E-state index contributed by atoms with van der Waals surface area (Å²) in [6.45, 7) is 17.2. The fraction of sp³-hybridized carbons (Fsp3) is 0.778. The van der Waals surface area contributed by atoms with Gasteiger partial charge in [-0.05, 0) is 42.3 Å². The monoisotopic (exact) mass is 310 g/mol. The molecule has 0 fully saturated rings. The van der Waals surface area contributed by atoms with Gasteiger partial charge in [0.05, 0.1) is 0 Å². The van der Waals surface area contributed by atoms with E-state index in [2.05, 4.69) is 62.3 Å². The van der Waals surface area contributed by atoms with Crippen LogP contribution in [0, 0.1) is 11.3 Å².